The average Bonchev–Trinajstić information content (AvgIpc) is 3.58. The summed E-state index contributed by atoms with van der Waals surface area (Å²) >= 11 is 5.76. The molecule has 11 nitrogen and oxygen atoms in total. The summed E-state index contributed by atoms with van der Waals surface area (Å²) in [6.07, 6.45) is 6.75. The van der Waals surface area contributed by atoms with Crippen molar-refractivity contribution >= 4 is 52.3 Å². The summed E-state index contributed by atoms with van der Waals surface area (Å²) in [5.74, 6) is -2.58. The highest BCUT2D eigenvalue weighted by Gasteiger charge is 2.19. The number of hydrogen-bond donors (Lipinski definition) is 4. The Balaban J connectivity index is 1.17. The van der Waals surface area contributed by atoms with Gasteiger partial charge in [-0.25, -0.2) is 4.39 Å². The number of anilines is 3. The number of nitrogens with zero attached hydrogens (tertiary/aromatic N) is 3. The Morgan fingerprint density at radius 2 is 1.35 bits per heavy atom. The molecule has 0 aliphatic carbocycles. The standard InChI is InChI=1S/C33H35ClFN7O4/c1-40-19-24(38-31(44)26-10-9-22(34)16-27(26)35)17-29(40)33(46)39-25-18-28(41(2)20-25)32(45)37-23-8-6-7-21(15-23)30(43)36-11-14-42-12-4-3-5-13-42/h6-10,15-20H,3-5,11-14H2,1-2H3,(H,36,43)(H,37,45)(H,38,44)(H,39,46). The molecule has 2 aromatic heterocycles. The molecule has 1 aliphatic heterocycles. The molecule has 0 spiro atoms. The van der Waals surface area contributed by atoms with Gasteiger partial charge in [-0.2, -0.15) is 0 Å². The number of carbonyl (C=O) groups is 4. The Labute approximate surface area is 270 Å². The highest BCUT2D eigenvalue weighted by Crippen LogP contribution is 2.21. The number of halogens is 2. The van der Waals surface area contributed by atoms with E-state index in [1.807, 2.05) is 0 Å². The van der Waals surface area contributed by atoms with Crippen LogP contribution in [-0.2, 0) is 14.1 Å². The molecule has 0 unspecified atom stereocenters. The minimum atomic E-state index is -0.764. The van der Waals surface area contributed by atoms with Gasteiger partial charge in [-0.3, -0.25) is 19.2 Å². The quantitative estimate of drug-likeness (QED) is 0.190. The maximum atomic E-state index is 14.2. The van der Waals surface area contributed by atoms with Gasteiger partial charge in [0.2, 0.25) is 0 Å². The van der Waals surface area contributed by atoms with Crippen molar-refractivity contribution in [2.75, 3.05) is 42.1 Å². The van der Waals surface area contributed by atoms with Crippen molar-refractivity contribution in [2.24, 2.45) is 14.1 Å². The Hall–Kier alpha value is -4.94. The lowest BCUT2D eigenvalue weighted by molar-refractivity contribution is 0.0944. The van der Waals surface area contributed by atoms with E-state index >= 15 is 0 Å². The number of aryl methyl sites for hydroxylation is 2. The van der Waals surface area contributed by atoms with E-state index in [0.717, 1.165) is 25.7 Å². The fraction of sp³-hybridized carbons (Fsp3) is 0.273. The maximum absolute atomic E-state index is 14.2. The molecule has 4 N–H and O–H groups in total. The Morgan fingerprint density at radius 3 is 1.98 bits per heavy atom. The van der Waals surface area contributed by atoms with Crippen molar-refractivity contribution < 1.29 is 23.6 Å². The van der Waals surface area contributed by atoms with Crippen LogP contribution < -0.4 is 21.3 Å². The monoisotopic (exact) mass is 647 g/mol. The first-order valence-electron chi connectivity index (χ1n) is 14.9. The van der Waals surface area contributed by atoms with Crippen molar-refractivity contribution in [3.63, 3.8) is 0 Å². The van der Waals surface area contributed by atoms with Crippen LogP contribution in [0.5, 0.6) is 0 Å². The molecule has 3 heterocycles. The SMILES string of the molecule is Cn1cc(NC(=O)c2ccc(Cl)cc2F)cc1C(=O)Nc1cc(C(=O)Nc2cccc(C(=O)NCCN3CCCCC3)c2)n(C)c1. The lowest BCUT2D eigenvalue weighted by Crippen LogP contribution is -2.37. The van der Waals surface area contributed by atoms with Crippen LogP contribution in [0.25, 0.3) is 0 Å². The van der Waals surface area contributed by atoms with Gasteiger partial charge in [0.05, 0.1) is 16.9 Å². The van der Waals surface area contributed by atoms with Gasteiger partial charge in [0, 0.05) is 55.9 Å². The van der Waals surface area contributed by atoms with Gasteiger partial charge in [0.25, 0.3) is 23.6 Å². The summed E-state index contributed by atoms with van der Waals surface area (Å²) in [6, 6.07) is 13.4. The van der Waals surface area contributed by atoms with Crippen LogP contribution in [0.3, 0.4) is 0 Å². The molecule has 0 bridgehead atoms. The third kappa shape index (κ3) is 8.01. The molecule has 4 amide bonds. The summed E-state index contributed by atoms with van der Waals surface area (Å²) in [5, 5.41) is 11.3. The summed E-state index contributed by atoms with van der Waals surface area (Å²) in [5.41, 5.74) is 1.86. The molecule has 1 saturated heterocycles. The highest BCUT2D eigenvalue weighted by atomic mass is 35.5. The second kappa shape index (κ2) is 14.4. The molecular weight excluding hydrogens is 613 g/mol. The average molecular weight is 648 g/mol. The fourth-order valence-corrected chi connectivity index (χ4v) is 5.49. The van der Waals surface area contributed by atoms with Gasteiger partial charge in [0.1, 0.15) is 17.2 Å². The van der Waals surface area contributed by atoms with Gasteiger partial charge < -0.3 is 35.3 Å². The molecule has 2 aromatic carbocycles. The van der Waals surface area contributed by atoms with Crippen LogP contribution in [0.4, 0.5) is 21.5 Å². The molecule has 1 aliphatic rings. The zero-order valence-electron chi connectivity index (χ0n) is 25.5. The van der Waals surface area contributed by atoms with Crippen LogP contribution >= 0.6 is 11.6 Å². The van der Waals surface area contributed by atoms with Gasteiger partial charge in [-0.15, -0.1) is 0 Å². The van der Waals surface area contributed by atoms with Gasteiger partial charge in [0.15, 0.2) is 0 Å². The molecule has 1 fully saturated rings. The van der Waals surface area contributed by atoms with E-state index in [-0.39, 0.29) is 33.6 Å². The van der Waals surface area contributed by atoms with Gasteiger partial charge in [-0.05, 0) is 74.5 Å². The van der Waals surface area contributed by atoms with Crippen LogP contribution in [0.15, 0.2) is 67.0 Å². The van der Waals surface area contributed by atoms with Gasteiger partial charge >= 0.3 is 0 Å². The van der Waals surface area contributed by atoms with E-state index in [0.29, 0.717) is 23.5 Å². The third-order valence-electron chi connectivity index (χ3n) is 7.71. The van der Waals surface area contributed by atoms with Gasteiger partial charge in [-0.1, -0.05) is 24.1 Å². The van der Waals surface area contributed by atoms with E-state index < -0.39 is 23.5 Å². The number of carbonyl (C=O) groups excluding carboxylic acids is 4. The second-order valence-corrected chi connectivity index (χ2v) is 11.6. The topological polar surface area (TPSA) is 130 Å². The lowest BCUT2D eigenvalue weighted by atomic mass is 10.1. The van der Waals surface area contributed by atoms with Crippen molar-refractivity contribution in [1.29, 1.82) is 0 Å². The predicted octanol–water partition coefficient (Wildman–Crippen LogP) is 5.13. The number of likely N-dealkylation sites (tertiary alicyclic amines) is 1. The first kappa shape index (κ1) is 32.5. The predicted molar refractivity (Wildman–Crippen MR) is 175 cm³/mol. The summed E-state index contributed by atoms with van der Waals surface area (Å²) in [4.78, 5) is 53.8. The molecule has 0 radical (unpaired) electrons. The van der Waals surface area contributed by atoms with Crippen LogP contribution in [-0.4, -0.2) is 63.8 Å². The zero-order valence-corrected chi connectivity index (χ0v) is 26.3. The number of nitrogens with one attached hydrogen (secondary N) is 4. The summed E-state index contributed by atoms with van der Waals surface area (Å²) in [6.45, 7) is 3.48. The Kier molecular flexibility index (Phi) is 10.2. The van der Waals surface area contributed by atoms with E-state index in [4.69, 9.17) is 11.6 Å². The summed E-state index contributed by atoms with van der Waals surface area (Å²) in [7, 11) is 3.29. The molecule has 46 heavy (non-hydrogen) atoms. The number of aromatic nitrogens is 2. The van der Waals surface area contributed by atoms with E-state index in [1.54, 1.807) is 49.1 Å². The fourth-order valence-electron chi connectivity index (χ4n) is 5.33. The van der Waals surface area contributed by atoms with Crippen molar-refractivity contribution in [3.05, 3.63) is 100 Å². The first-order valence-corrected chi connectivity index (χ1v) is 15.3. The number of rotatable bonds is 10. The minimum Gasteiger partial charge on any atom is -0.351 e. The molecule has 0 saturated carbocycles. The normalized spacial score (nSPS) is 13.2. The minimum absolute atomic E-state index is 0.168. The van der Waals surface area contributed by atoms with Crippen molar-refractivity contribution in [2.45, 2.75) is 19.3 Å². The highest BCUT2D eigenvalue weighted by molar-refractivity contribution is 6.30. The molecule has 4 aromatic rings. The number of piperidine rings is 1. The van der Waals surface area contributed by atoms with E-state index in [2.05, 4.69) is 26.2 Å². The number of amides is 4. The van der Waals surface area contributed by atoms with E-state index in [9.17, 15) is 23.6 Å². The molecule has 13 heteroatoms. The Bertz CT molecular complexity index is 1780. The third-order valence-corrected chi connectivity index (χ3v) is 7.95. The number of benzene rings is 2. The largest absolute Gasteiger partial charge is 0.351 e. The second-order valence-electron chi connectivity index (χ2n) is 11.2. The zero-order chi connectivity index (χ0) is 32.8. The molecule has 0 atom stereocenters. The smallest absolute Gasteiger partial charge is 0.272 e. The lowest BCUT2D eigenvalue weighted by Gasteiger charge is -2.26. The molecule has 240 valence electrons. The summed E-state index contributed by atoms with van der Waals surface area (Å²) < 4.78 is 17.2. The van der Waals surface area contributed by atoms with Crippen LogP contribution in [0.1, 0.15) is 61.0 Å². The first-order chi connectivity index (χ1) is 22.1. The van der Waals surface area contributed by atoms with Crippen molar-refractivity contribution in [1.82, 2.24) is 19.4 Å². The maximum Gasteiger partial charge on any atom is 0.272 e. The Morgan fingerprint density at radius 1 is 0.739 bits per heavy atom. The van der Waals surface area contributed by atoms with Crippen molar-refractivity contribution in [3.8, 4) is 0 Å². The number of hydrogen-bond acceptors (Lipinski definition) is 5. The van der Waals surface area contributed by atoms with Crippen LogP contribution in [0, 0.1) is 5.82 Å². The molecule has 5 rings (SSSR count). The van der Waals surface area contributed by atoms with Crippen LogP contribution in [0.2, 0.25) is 5.02 Å². The molecular formula is C33H35ClFN7O4. The van der Waals surface area contributed by atoms with E-state index in [1.165, 1.54) is 54.3 Å².